The van der Waals surface area contributed by atoms with Crippen LogP contribution in [-0.4, -0.2) is 40.6 Å². The van der Waals surface area contributed by atoms with Crippen molar-refractivity contribution >= 4 is 11.9 Å². The smallest absolute Gasteiger partial charge is 0.347 e. The second kappa shape index (κ2) is 7.23. The zero-order valence-corrected chi connectivity index (χ0v) is 15.0. The number of nitrogens with zero attached hydrogens (tertiary/aromatic N) is 1. The number of rotatable bonds is 5. The van der Waals surface area contributed by atoms with Crippen LogP contribution in [0.2, 0.25) is 0 Å². The Bertz CT molecular complexity index is 773. The van der Waals surface area contributed by atoms with Crippen molar-refractivity contribution in [2.24, 2.45) is 0 Å². The minimum absolute atomic E-state index is 0.0926. The lowest BCUT2D eigenvalue weighted by atomic mass is 9.88. The van der Waals surface area contributed by atoms with E-state index in [2.05, 4.69) is 0 Å². The lowest BCUT2D eigenvalue weighted by molar-refractivity contribution is -0.152. The van der Waals surface area contributed by atoms with Gasteiger partial charge in [0.1, 0.15) is 5.75 Å². The molecule has 1 fully saturated rings. The van der Waals surface area contributed by atoms with E-state index < -0.39 is 11.6 Å². The van der Waals surface area contributed by atoms with Crippen LogP contribution in [0.25, 0.3) is 0 Å². The van der Waals surface area contributed by atoms with Crippen molar-refractivity contribution in [1.29, 1.82) is 0 Å². The molecule has 1 aliphatic heterocycles. The van der Waals surface area contributed by atoms with Gasteiger partial charge < -0.3 is 19.2 Å². The Hall–Kier alpha value is -2.76. The highest BCUT2D eigenvalue weighted by molar-refractivity contribution is 5.91. The topological polar surface area (TPSA) is 80.0 Å². The van der Waals surface area contributed by atoms with Crippen LogP contribution < -0.4 is 4.74 Å². The summed E-state index contributed by atoms with van der Waals surface area (Å²) in [4.78, 5) is 25.5. The molecular weight excluding hydrogens is 334 g/mol. The highest BCUT2D eigenvalue weighted by Crippen LogP contribution is 2.36. The van der Waals surface area contributed by atoms with E-state index in [1.165, 1.54) is 20.1 Å². The zero-order chi connectivity index (χ0) is 18.7. The third-order valence-corrected chi connectivity index (χ3v) is 4.75. The monoisotopic (exact) mass is 357 g/mol. The second-order valence-corrected chi connectivity index (χ2v) is 7.00. The van der Waals surface area contributed by atoms with E-state index in [4.69, 9.17) is 9.15 Å². The van der Waals surface area contributed by atoms with Gasteiger partial charge in [-0.15, -0.1) is 0 Å². The number of hydrogen-bond acceptors (Lipinski definition) is 4. The highest BCUT2D eigenvalue weighted by Gasteiger charge is 2.32. The number of carboxylic acids is 1. The van der Waals surface area contributed by atoms with Crippen molar-refractivity contribution in [3.8, 4) is 5.75 Å². The molecule has 1 aromatic heterocycles. The molecule has 3 rings (SSSR count). The van der Waals surface area contributed by atoms with E-state index in [0.29, 0.717) is 24.6 Å². The number of furan rings is 1. The van der Waals surface area contributed by atoms with Crippen molar-refractivity contribution in [2.75, 3.05) is 13.1 Å². The van der Waals surface area contributed by atoms with Crippen LogP contribution in [0.15, 0.2) is 47.1 Å². The molecule has 0 radical (unpaired) electrons. The van der Waals surface area contributed by atoms with Crippen LogP contribution in [-0.2, 0) is 4.79 Å². The number of piperidine rings is 1. The van der Waals surface area contributed by atoms with Gasteiger partial charge in [0.05, 0.1) is 6.26 Å². The number of carbonyl (C=O) groups excluding carboxylic acids is 1. The molecule has 6 nitrogen and oxygen atoms in total. The molecular formula is C20H23NO5. The Morgan fingerprint density at radius 2 is 1.85 bits per heavy atom. The third kappa shape index (κ3) is 3.74. The van der Waals surface area contributed by atoms with E-state index >= 15 is 0 Å². The molecule has 0 saturated carbocycles. The first-order valence-electron chi connectivity index (χ1n) is 8.72. The molecule has 26 heavy (non-hydrogen) atoms. The summed E-state index contributed by atoms with van der Waals surface area (Å²) in [5.74, 6) is 0.0683. The van der Waals surface area contributed by atoms with Gasteiger partial charge in [0, 0.05) is 13.1 Å². The Balaban J connectivity index is 1.70. The van der Waals surface area contributed by atoms with Gasteiger partial charge in [0.15, 0.2) is 11.4 Å². The lowest BCUT2D eigenvalue weighted by Crippen LogP contribution is -2.39. The largest absolute Gasteiger partial charge is 0.478 e. The fourth-order valence-electron chi connectivity index (χ4n) is 3.18. The molecule has 1 N–H and O–H groups in total. The molecule has 2 aromatic rings. The molecule has 0 spiro atoms. The van der Waals surface area contributed by atoms with Gasteiger partial charge in [-0.1, -0.05) is 18.2 Å². The maximum atomic E-state index is 12.4. The van der Waals surface area contributed by atoms with Crippen LogP contribution in [0.4, 0.5) is 0 Å². The molecule has 1 saturated heterocycles. The van der Waals surface area contributed by atoms with E-state index in [-0.39, 0.29) is 11.8 Å². The van der Waals surface area contributed by atoms with Crippen molar-refractivity contribution < 1.29 is 23.8 Å². The van der Waals surface area contributed by atoms with E-state index in [1.807, 2.05) is 18.2 Å². The molecule has 1 aliphatic rings. The summed E-state index contributed by atoms with van der Waals surface area (Å²) in [6.45, 7) is 4.33. The molecule has 6 heteroatoms. The van der Waals surface area contributed by atoms with Gasteiger partial charge >= 0.3 is 5.97 Å². The van der Waals surface area contributed by atoms with Crippen LogP contribution in [0.1, 0.15) is 48.7 Å². The van der Waals surface area contributed by atoms with Crippen LogP contribution in [0, 0.1) is 0 Å². The summed E-state index contributed by atoms with van der Waals surface area (Å²) >= 11 is 0. The van der Waals surface area contributed by atoms with Gasteiger partial charge in [-0.3, -0.25) is 4.79 Å². The predicted octanol–water partition coefficient (Wildman–Crippen LogP) is 3.54. The number of likely N-dealkylation sites (tertiary alicyclic amines) is 1. The van der Waals surface area contributed by atoms with Gasteiger partial charge in [-0.2, -0.15) is 0 Å². The fourth-order valence-corrected chi connectivity index (χ4v) is 3.18. The average Bonchev–Trinajstić information content (AvgIpc) is 3.16. The first-order chi connectivity index (χ1) is 12.4. The lowest BCUT2D eigenvalue weighted by Gasteiger charge is -2.33. The first-order valence-corrected chi connectivity index (χ1v) is 8.72. The SMILES string of the molecule is CC(C)(Oc1ccccc1C1CCN(C(=O)c2ccco2)CC1)C(=O)O. The molecule has 0 aliphatic carbocycles. The molecule has 1 aromatic carbocycles. The molecule has 0 bridgehead atoms. The number of carboxylic acid groups (broad SMARTS) is 1. The Morgan fingerprint density at radius 1 is 1.15 bits per heavy atom. The van der Waals surface area contributed by atoms with Crippen molar-refractivity contribution in [3.63, 3.8) is 0 Å². The number of aliphatic carboxylic acids is 1. The van der Waals surface area contributed by atoms with Crippen molar-refractivity contribution in [2.45, 2.75) is 38.2 Å². The molecule has 2 heterocycles. The number of ether oxygens (including phenoxy) is 1. The predicted molar refractivity (Wildman–Crippen MR) is 95.4 cm³/mol. The summed E-state index contributed by atoms with van der Waals surface area (Å²) < 4.78 is 11.0. The molecule has 0 unspecified atom stereocenters. The second-order valence-electron chi connectivity index (χ2n) is 7.00. The van der Waals surface area contributed by atoms with Crippen molar-refractivity contribution in [3.05, 3.63) is 54.0 Å². The Labute approximate surface area is 152 Å². The summed E-state index contributed by atoms with van der Waals surface area (Å²) in [7, 11) is 0. The Morgan fingerprint density at radius 3 is 2.46 bits per heavy atom. The molecule has 1 amide bonds. The van der Waals surface area contributed by atoms with E-state index in [1.54, 1.807) is 23.1 Å². The molecule has 138 valence electrons. The van der Waals surface area contributed by atoms with Gasteiger partial charge in [0.2, 0.25) is 0 Å². The molecule has 0 atom stereocenters. The zero-order valence-electron chi connectivity index (χ0n) is 15.0. The summed E-state index contributed by atoms with van der Waals surface area (Å²) in [5, 5.41) is 9.31. The summed E-state index contributed by atoms with van der Waals surface area (Å²) in [6.07, 6.45) is 3.08. The van der Waals surface area contributed by atoms with Crippen molar-refractivity contribution in [1.82, 2.24) is 4.90 Å². The number of carbonyl (C=O) groups is 2. The normalized spacial score (nSPS) is 15.7. The number of amides is 1. The maximum Gasteiger partial charge on any atom is 0.347 e. The number of para-hydroxylation sites is 1. The van der Waals surface area contributed by atoms with E-state index in [0.717, 1.165) is 18.4 Å². The quantitative estimate of drug-likeness (QED) is 0.885. The maximum absolute atomic E-state index is 12.4. The average molecular weight is 357 g/mol. The van der Waals surface area contributed by atoms with Crippen LogP contribution in [0.5, 0.6) is 5.75 Å². The Kier molecular flexibility index (Phi) is 5.02. The summed E-state index contributed by atoms with van der Waals surface area (Å²) in [5.41, 5.74) is -0.307. The standard InChI is InChI=1S/C20H23NO5/c1-20(2,19(23)24)26-16-7-4-3-6-15(16)14-9-11-21(12-10-14)18(22)17-8-5-13-25-17/h3-8,13-14H,9-12H2,1-2H3,(H,23,24). The fraction of sp³-hybridized carbons (Fsp3) is 0.400. The third-order valence-electron chi connectivity index (χ3n) is 4.75. The van der Waals surface area contributed by atoms with Gasteiger partial charge in [-0.25, -0.2) is 4.79 Å². The van der Waals surface area contributed by atoms with E-state index in [9.17, 15) is 14.7 Å². The highest BCUT2D eigenvalue weighted by atomic mass is 16.5. The summed E-state index contributed by atoms with van der Waals surface area (Å²) in [6, 6.07) is 10.9. The van der Waals surface area contributed by atoms with Crippen LogP contribution >= 0.6 is 0 Å². The van der Waals surface area contributed by atoms with Crippen LogP contribution in [0.3, 0.4) is 0 Å². The van der Waals surface area contributed by atoms with Gasteiger partial charge in [0.25, 0.3) is 5.91 Å². The van der Waals surface area contributed by atoms with Gasteiger partial charge in [-0.05, 0) is 56.4 Å². The minimum Gasteiger partial charge on any atom is -0.478 e. The number of benzene rings is 1. The number of hydrogen-bond donors (Lipinski definition) is 1. The minimum atomic E-state index is -1.30. The first kappa shape index (κ1) is 18.0.